The lowest BCUT2D eigenvalue weighted by molar-refractivity contribution is -0.139. The van der Waals surface area contributed by atoms with Crippen LogP contribution in [0, 0.1) is 0 Å². The van der Waals surface area contributed by atoms with E-state index in [9.17, 15) is 9.59 Å². The Hall–Kier alpha value is -2.74. The molecule has 0 saturated heterocycles. The van der Waals surface area contributed by atoms with Gasteiger partial charge in [0.05, 0.1) is 26.0 Å². The molecule has 122 valence electrons. The first-order chi connectivity index (χ1) is 10.9. The third kappa shape index (κ3) is 5.19. The van der Waals surface area contributed by atoms with Gasteiger partial charge in [-0.1, -0.05) is 30.3 Å². The van der Waals surface area contributed by atoms with E-state index in [1.165, 1.54) is 14.2 Å². The number of methoxy groups -OCH3 is 2. The van der Waals surface area contributed by atoms with Gasteiger partial charge in [-0.05, 0) is 24.7 Å². The molecule has 0 aliphatic heterocycles. The van der Waals surface area contributed by atoms with Crippen molar-refractivity contribution in [2.75, 3.05) is 14.2 Å². The van der Waals surface area contributed by atoms with Crippen LogP contribution in [0.2, 0.25) is 0 Å². The zero-order chi connectivity index (χ0) is 17.4. The summed E-state index contributed by atoms with van der Waals surface area (Å²) in [5, 5.41) is 4.95. The summed E-state index contributed by atoms with van der Waals surface area (Å²) in [7, 11) is 2.34. The Morgan fingerprint density at radius 3 is 2.30 bits per heavy atom. The summed E-state index contributed by atoms with van der Waals surface area (Å²) in [6.07, 6.45) is 0.909. The van der Waals surface area contributed by atoms with Gasteiger partial charge < -0.3 is 15.2 Å². The van der Waals surface area contributed by atoms with Crippen molar-refractivity contribution in [3.63, 3.8) is 0 Å². The summed E-state index contributed by atoms with van der Waals surface area (Å²) in [6.45, 7) is 1.72. The molecule has 0 bridgehead atoms. The molecule has 0 saturated carbocycles. The number of benzene rings is 1. The number of carbonyl (C=O) groups is 2. The maximum Gasteiger partial charge on any atom is 0.357 e. The van der Waals surface area contributed by atoms with E-state index in [0.717, 1.165) is 16.6 Å². The second-order valence-corrected chi connectivity index (χ2v) is 4.66. The molecule has 8 heteroatoms. The van der Waals surface area contributed by atoms with E-state index in [2.05, 4.69) is 14.6 Å². The summed E-state index contributed by atoms with van der Waals surface area (Å²) in [5.74, 6) is -1.59. The summed E-state index contributed by atoms with van der Waals surface area (Å²) >= 11 is 4.91. The van der Waals surface area contributed by atoms with Crippen molar-refractivity contribution in [2.45, 2.75) is 6.92 Å². The van der Waals surface area contributed by atoms with Gasteiger partial charge in [0.2, 0.25) is 0 Å². The molecule has 0 aliphatic rings. The Kier molecular flexibility index (Phi) is 6.88. The summed E-state index contributed by atoms with van der Waals surface area (Å²) in [5.41, 5.74) is 6.72. The van der Waals surface area contributed by atoms with Crippen LogP contribution in [0.3, 0.4) is 0 Å². The molecule has 0 aromatic heterocycles. The van der Waals surface area contributed by atoms with Crippen molar-refractivity contribution < 1.29 is 19.1 Å². The Bertz CT molecular complexity index is 656. The smallest absolute Gasteiger partial charge is 0.357 e. The topological polar surface area (TPSA) is 94.2 Å². The molecule has 0 heterocycles. The van der Waals surface area contributed by atoms with Gasteiger partial charge >= 0.3 is 11.9 Å². The lowest BCUT2D eigenvalue weighted by Gasteiger charge is -2.19. The molecular weight excluding hydrogens is 318 g/mol. The molecule has 1 aromatic carbocycles. The summed E-state index contributed by atoms with van der Waals surface area (Å²) < 4.78 is 9.15. The van der Waals surface area contributed by atoms with Gasteiger partial charge in [-0.15, -0.1) is 0 Å². The van der Waals surface area contributed by atoms with Crippen molar-refractivity contribution in [3.8, 4) is 0 Å². The highest BCUT2D eigenvalue weighted by molar-refractivity contribution is 7.80. The maximum absolute atomic E-state index is 11.9. The number of thiocarbonyl (C=S) groups is 1. The number of carbonyl (C=O) groups excluding carboxylic acids is 2. The Morgan fingerprint density at radius 1 is 1.22 bits per heavy atom. The van der Waals surface area contributed by atoms with Crippen LogP contribution in [0.4, 0.5) is 0 Å². The van der Waals surface area contributed by atoms with E-state index in [1.54, 1.807) is 6.92 Å². The quantitative estimate of drug-likeness (QED) is 0.284. The maximum atomic E-state index is 11.9. The molecule has 0 aliphatic carbocycles. The summed E-state index contributed by atoms with van der Waals surface area (Å²) in [4.78, 5) is 23.4. The first-order valence-corrected chi connectivity index (χ1v) is 6.89. The highest BCUT2D eigenvalue weighted by Crippen LogP contribution is 2.11. The van der Waals surface area contributed by atoms with Crippen LogP contribution in [0.15, 0.2) is 47.2 Å². The van der Waals surface area contributed by atoms with Crippen LogP contribution < -0.4 is 5.73 Å². The van der Waals surface area contributed by atoms with E-state index in [-0.39, 0.29) is 10.8 Å². The van der Waals surface area contributed by atoms with Gasteiger partial charge in [-0.2, -0.15) is 10.1 Å². The lowest BCUT2D eigenvalue weighted by atomic mass is 10.1. The van der Waals surface area contributed by atoms with Crippen LogP contribution in [-0.2, 0) is 19.1 Å². The molecule has 0 radical (unpaired) electrons. The molecule has 0 unspecified atom stereocenters. The molecule has 0 amide bonds. The lowest BCUT2D eigenvalue weighted by Crippen LogP contribution is -2.35. The number of hydrogen-bond donors (Lipinski definition) is 1. The standard InChI is InChI=1S/C15H17N3O4S/c1-10(11-7-5-4-6-8-11)17-18(15(16)23)12(14(20)22-3)9-13(19)21-2/h4-9H,1-3H3,(H2,16,23)/b12-9-,17-10+. The molecule has 7 nitrogen and oxygen atoms in total. The second-order valence-electron chi connectivity index (χ2n) is 4.25. The van der Waals surface area contributed by atoms with Gasteiger partial charge in [0.15, 0.2) is 10.8 Å². The van der Waals surface area contributed by atoms with Crippen LogP contribution in [0.5, 0.6) is 0 Å². The minimum absolute atomic E-state index is 0.221. The van der Waals surface area contributed by atoms with E-state index in [1.807, 2.05) is 30.3 Å². The van der Waals surface area contributed by atoms with Crippen molar-refractivity contribution in [1.82, 2.24) is 5.01 Å². The number of hydrazone groups is 1. The minimum atomic E-state index is -0.826. The van der Waals surface area contributed by atoms with Crippen LogP contribution in [-0.4, -0.2) is 42.0 Å². The number of nitrogens with zero attached hydrogens (tertiary/aromatic N) is 2. The van der Waals surface area contributed by atoms with E-state index in [4.69, 9.17) is 18.0 Å². The molecule has 23 heavy (non-hydrogen) atoms. The molecule has 1 rings (SSSR count). The van der Waals surface area contributed by atoms with E-state index < -0.39 is 11.9 Å². The number of esters is 2. The third-order valence-corrected chi connectivity index (χ3v) is 2.90. The zero-order valence-electron chi connectivity index (χ0n) is 13.0. The number of nitrogens with two attached hydrogens (primary N) is 1. The van der Waals surface area contributed by atoms with Crippen LogP contribution >= 0.6 is 12.2 Å². The predicted molar refractivity (Wildman–Crippen MR) is 89.4 cm³/mol. The van der Waals surface area contributed by atoms with Gasteiger partial charge in [0.1, 0.15) is 0 Å². The fraction of sp³-hybridized carbons (Fsp3) is 0.200. The van der Waals surface area contributed by atoms with E-state index >= 15 is 0 Å². The highest BCUT2D eigenvalue weighted by atomic mass is 32.1. The van der Waals surface area contributed by atoms with Crippen molar-refractivity contribution in [1.29, 1.82) is 0 Å². The number of ether oxygens (including phenoxy) is 2. The normalized spacial score (nSPS) is 11.6. The Balaban J connectivity index is 3.31. The fourth-order valence-corrected chi connectivity index (χ4v) is 1.73. The molecular formula is C15H17N3O4S. The van der Waals surface area contributed by atoms with Crippen LogP contribution in [0.1, 0.15) is 12.5 Å². The van der Waals surface area contributed by atoms with Gasteiger partial charge in [0, 0.05) is 0 Å². The molecule has 0 fully saturated rings. The van der Waals surface area contributed by atoms with Crippen molar-refractivity contribution in [2.24, 2.45) is 10.8 Å². The number of hydrogen-bond acceptors (Lipinski definition) is 6. The monoisotopic (exact) mass is 335 g/mol. The summed E-state index contributed by atoms with van der Waals surface area (Å²) in [6, 6.07) is 9.20. The van der Waals surface area contributed by atoms with Gasteiger partial charge in [-0.3, -0.25) is 0 Å². The number of rotatable bonds is 5. The van der Waals surface area contributed by atoms with Crippen molar-refractivity contribution in [3.05, 3.63) is 47.7 Å². The highest BCUT2D eigenvalue weighted by Gasteiger charge is 2.22. The largest absolute Gasteiger partial charge is 0.466 e. The second kappa shape index (κ2) is 8.64. The van der Waals surface area contributed by atoms with E-state index in [0.29, 0.717) is 5.71 Å². The fourth-order valence-electron chi connectivity index (χ4n) is 1.59. The first kappa shape index (κ1) is 18.3. The first-order valence-electron chi connectivity index (χ1n) is 6.48. The molecule has 1 aromatic rings. The Labute approximate surface area is 139 Å². The molecule has 2 N–H and O–H groups in total. The SMILES string of the molecule is COC(=O)/C=C(/C(=O)OC)N(/N=C(\C)c1ccccc1)C(N)=S. The third-order valence-electron chi connectivity index (χ3n) is 2.73. The van der Waals surface area contributed by atoms with Gasteiger partial charge in [0.25, 0.3) is 0 Å². The Morgan fingerprint density at radius 2 is 1.83 bits per heavy atom. The van der Waals surface area contributed by atoms with Crippen LogP contribution in [0.25, 0.3) is 0 Å². The molecule has 0 spiro atoms. The average molecular weight is 335 g/mol. The average Bonchev–Trinajstić information content (AvgIpc) is 2.57. The molecule has 0 atom stereocenters. The van der Waals surface area contributed by atoms with Crippen molar-refractivity contribution >= 4 is 35.0 Å². The predicted octanol–water partition coefficient (Wildman–Crippen LogP) is 1.19. The minimum Gasteiger partial charge on any atom is -0.466 e. The zero-order valence-corrected chi connectivity index (χ0v) is 13.8. The van der Waals surface area contributed by atoms with Gasteiger partial charge in [-0.25, -0.2) is 9.59 Å².